The predicted molar refractivity (Wildman–Crippen MR) is 206 cm³/mol. The minimum atomic E-state index is -1.39. The molecular weight excluding hydrogens is 689 g/mol. The van der Waals surface area contributed by atoms with E-state index < -0.39 is 53.9 Å². The second kappa shape index (κ2) is 18.0. The number of aliphatic carboxylic acids is 1. The van der Waals surface area contributed by atoms with Crippen molar-refractivity contribution in [3.8, 4) is 5.75 Å². The Hall–Kier alpha value is -5.91. The van der Waals surface area contributed by atoms with Gasteiger partial charge in [-0.2, -0.15) is 12.6 Å². The van der Waals surface area contributed by atoms with Crippen LogP contribution in [0.2, 0.25) is 0 Å². The molecule has 272 valence electrons. The van der Waals surface area contributed by atoms with E-state index in [1.807, 2.05) is 91.0 Å². The third kappa shape index (κ3) is 8.94. The van der Waals surface area contributed by atoms with E-state index in [9.17, 15) is 29.4 Å². The van der Waals surface area contributed by atoms with Crippen LogP contribution >= 0.6 is 12.6 Å². The van der Waals surface area contributed by atoms with Crippen LogP contribution in [0.15, 0.2) is 146 Å². The van der Waals surface area contributed by atoms with Gasteiger partial charge in [-0.15, -0.1) is 0 Å². The number of nitrogens with zero attached hydrogens (tertiary/aromatic N) is 1. The molecule has 3 unspecified atom stereocenters. The molecule has 6 N–H and O–H groups in total. The zero-order valence-corrected chi connectivity index (χ0v) is 29.8. The Balaban J connectivity index is 1.60. The monoisotopic (exact) mass is 730 g/mol. The third-order valence-corrected chi connectivity index (χ3v) is 9.42. The zero-order valence-electron chi connectivity index (χ0n) is 28.9. The predicted octanol–water partition coefficient (Wildman–Crippen LogP) is 4.31. The molecule has 3 amide bonds. The first-order valence-corrected chi connectivity index (χ1v) is 17.8. The molecular formula is C42H42N4O6S. The summed E-state index contributed by atoms with van der Waals surface area (Å²) in [4.78, 5) is 56.9. The van der Waals surface area contributed by atoms with Crippen LogP contribution in [0.3, 0.4) is 0 Å². The summed E-state index contributed by atoms with van der Waals surface area (Å²) in [6, 6.07) is 39.1. The number of phenolic OH excluding ortho intramolecular Hbond substituents is 1. The maximum atomic E-state index is 14.7. The molecule has 0 radical (unpaired) electrons. The highest BCUT2D eigenvalue weighted by Gasteiger charge is 2.49. The van der Waals surface area contributed by atoms with Gasteiger partial charge in [0, 0.05) is 18.6 Å². The first kappa shape index (κ1) is 38.3. The van der Waals surface area contributed by atoms with Crippen molar-refractivity contribution in [3.05, 3.63) is 173 Å². The molecule has 53 heavy (non-hydrogen) atoms. The number of amides is 3. The van der Waals surface area contributed by atoms with Crippen molar-refractivity contribution in [1.29, 1.82) is 0 Å². The normalized spacial score (nSPS) is 12.9. The van der Waals surface area contributed by atoms with Crippen LogP contribution in [0.1, 0.15) is 27.8 Å². The highest BCUT2D eigenvalue weighted by Crippen LogP contribution is 2.44. The van der Waals surface area contributed by atoms with E-state index in [1.165, 1.54) is 17.0 Å². The van der Waals surface area contributed by atoms with E-state index in [4.69, 9.17) is 5.73 Å². The number of nitrogens with one attached hydrogen (secondary N) is 2. The fourth-order valence-corrected chi connectivity index (χ4v) is 6.93. The standard InChI is InChI=1S/C42H42N4O6S/c43-27-38(48)46(42(31-15-7-2-8-16-31,32-17-9-3-10-18-32)33-19-11-4-12-20-33)37(28-53)40(50)44-35(25-30-21-23-34(47)24-22-30)39(49)45-36(41(51)52)26-29-13-5-1-6-14-29/h1-24,35-37,47,53H,25-28,43H2,(H,44,50)(H,45,49)(H,51,52). The number of carboxylic acid groups (broad SMARTS) is 1. The highest BCUT2D eigenvalue weighted by molar-refractivity contribution is 7.80. The second-order valence-corrected chi connectivity index (χ2v) is 12.9. The maximum Gasteiger partial charge on any atom is 0.326 e. The number of benzene rings is 5. The van der Waals surface area contributed by atoms with Crippen molar-refractivity contribution in [2.45, 2.75) is 36.5 Å². The van der Waals surface area contributed by atoms with Gasteiger partial charge in [-0.25, -0.2) is 4.79 Å². The molecule has 0 aliphatic rings. The second-order valence-electron chi connectivity index (χ2n) is 12.5. The van der Waals surface area contributed by atoms with Crippen molar-refractivity contribution in [2.24, 2.45) is 5.73 Å². The smallest absolute Gasteiger partial charge is 0.326 e. The van der Waals surface area contributed by atoms with Gasteiger partial charge >= 0.3 is 5.97 Å². The third-order valence-electron chi connectivity index (χ3n) is 9.07. The van der Waals surface area contributed by atoms with Gasteiger partial charge in [0.25, 0.3) is 0 Å². The molecule has 0 fully saturated rings. The number of carbonyl (C=O) groups is 4. The summed E-state index contributed by atoms with van der Waals surface area (Å²) < 4.78 is 0. The van der Waals surface area contributed by atoms with Gasteiger partial charge in [0.1, 0.15) is 29.4 Å². The molecule has 0 aromatic heterocycles. The van der Waals surface area contributed by atoms with E-state index in [1.54, 1.807) is 42.5 Å². The number of carboxylic acids is 1. The summed E-state index contributed by atoms with van der Waals surface area (Å²) in [7, 11) is 0. The van der Waals surface area contributed by atoms with E-state index >= 15 is 0 Å². The molecule has 5 aromatic carbocycles. The SMILES string of the molecule is NCC(=O)N(C(CS)C(=O)NC(Cc1ccc(O)cc1)C(=O)NC(Cc1ccccc1)C(=O)O)C(c1ccccc1)(c1ccccc1)c1ccccc1. The summed E-state index contributed by atoms with van der Waals surface area (Å²) in [6.45, 7) is -0.441. The Morgan fingerprint density at radius 1 is 0.623 bits per heavy atom. The quantitative estimate of drug-likeness (QED) is 0.0652. The van der Waals surface area contributed by atoms with Gasteiger partial charge in [-0.1, -0.05) is 133 Å². The molecule has 0 aliphatic heterocycles. The van der Waals surface area contributed by atoms with Gasteiger partial charge in [0.2, 0.25) is 17.7 Å². The van der Waals surface area contributed by atoms with Crippen LogP contribution in [0.4, 0.5) is 0 Å². The average molecular weight is 731 g/mol. The summed E-state index contributed by atoms with van der Waals surface area (Å²) >= 11 is 4.62. The Morgan fingerprint density at radius 3 is 1.47 bits per heavy atom. The molecule has 5 aromatic rings. The summed E-state index contributed by atoms with van der Waals surface area (Å²) in [6.07, 6.45) is -0.0472. The van der Waals surface area contributed by atoms with Crippen LogP contribution < -0.4 is 16.4 Å². The van der Waals surface area contributed by atoms with Gasteiger partial charge < -0.3 is 31.5 Å². The van der Waals surface area contributed by atoms with E-state index in [0.717, 1.165) is 0 Å². The molecule has 0 heterocycles. The van der Waals surface area contributed by atoms with Crippen LogP contribution in [-0.4, -0.2) is 69.2 Å². The molecule has 5 rings (SSSR count). The Kier molecular flexibility index (Phi) is 13.0. The molecule has 0 saturated carbocycles. The highest BCUT2D eigenvalue weighted by atomic mass is 32.1. The lowest BCUT2D eigenvalue weighted by Crippen LogP contribution is -2.63. The van der Waals surface area contributed by atoms with Crippen molar-refractivity contribution < 1.29 is 29.4 Å². The molecule has 0 bridgehead atoms. The number of carbonyl (C=O) groups excluding carboxylic acids is 3. The average Bonchev–Trinajstić information content (AvgIpc) is 3.19. The number of aromatic hydroxyl groups is 1. The van der Waals surface area contributed by atoms with Crippen LogP contribution in [-0.2, 0) is 37.6 Å². The lowest BCUT2D eigenvalue weighted by molar-refractivity contribution is -0.145. The summed E-state index contributed by atoms with van der Waals surface area (Å²) in [5, 5.41) is 25.4. The number of nitrogens with two attached hydrogens (primary N) is 1. The minimum absolute atomic E-state index is 0.00752. The first-order valence-electron chi connectivity index (χ1n) is 17.1. The first-order chi connectivity index (χ1) is 25.7. The maximum absolute atomic E-state index is 14.7. The fraction of sp³-hybridized carbons (Fsp3) is 0.190. The molecule has 10 nitrogen and oxygen atoms in total. The van der Waals surface area contributed by atoms with E-state index in [0.29, 0.717) is 27.8 Å². The molecule has 11 heteroatoms. The zero-order chi connectivity index (χ0) is 37.8. The van der Waals surface area contributed by atoms with Crippen LogP contribution in [0.5, 0.6) is 5.75 Å². The van der Waals surface area contributed by atoms with E-state index in [-0.39, 0.29) is 24.3 Å². The Labute approximate surface area is 314 Å². The number of thiol groups is 1. The van der Waals surface area contributed by atoms with Crippen molar-refractivity contribution in [3.63, 3.8) is 0 Å². The number of rotatable bonds is 16. The molecule has 0 spiro atoms. The number of hydrogen-bond acceptors (Lipinski definition) is 7. The van der Waals surface area contributed by atoms with Crippen molar-refractivity contribution >= 4 is 36.3 Å². The molecule has 0 aliphatic carbocycles. The van der Waals surface area contributed by atoms with Crippen LogP contribution in [0, 0.1) is 0 Å². The van der Waals surface area contributed by atoms with Gasteiger partial charge in [0.15, 0.2) is 0 Å². The Bertz CT molecular complexity index is 1870. The summed E-state index contributed by atoms with van der Waals surface area (Å²) in [5.74, 6) is -3.40. The van der Waals surface area contributed by atoms with Gasteiger partial charge in [0.05, 0.1) is 6.54 Å². The minimum Gasteiger partial charge on any atom is -0.508 e. The lowest BCUT2D eigenvalue weighted by Gasteiger charge is -2.48. The van der Waals surface area contributed by atoms with Crippen molar-refractivity contribution in [1.82, 2.24) is 15.5 Å². The fourth-order valence-electron chi connectivity index (χ4n) is 6.60. The van der Waals surface area contributed by atoms with Gasteiger partial charge in [-0.05, 0) is 39.9 Å². The summed E-state index contributed by atoms with van der Waals surface area (Å²) in [5.41, 5.74) is 8.07. The van der Waals surface area contributed by atoms with E-state index in [2.05, 4.69) is 23.3 Å². The van der Waals surface area contributed by atoms with Gasteiger partial charge in [-0.3, -0.25) is 14.4 Å². The number of hydrogen-bond donors (Lipinski definition) is 6. The topological polar surface area (TPSA) is 162 Å². The Morgan fingerprint density at radius 2 is 1.04 bits per heavy atom. The molecule has 0 saturated heterocycles. The lowest BCUT2D eigenvalue weighted by atomic mass is 9.74. The molecule has 3 atom stereocenters. The number of phenols is 1. The largest absolute Gasteiger partial charge is 0.508 e. The van der Waals surface area contributed by atoms with Crippen molar-refractivity contribution in [2.75, 3.05) is 12.3 Å². The van der Waals surface area contributed by atoms with Crippen LogP contribution in [0.25, 0.3) is 0 Å².